The largest absolute Gasteiger partial charge is 0.479 e. The van der Waals surface area contributed by atoms with Crippen LogP contribution in [0.3, 0.4) is 0 Å². The molecule has 0 aromatic rings. The van der Waals surface area contributed by atoms with Crippen LogP contribution in [0.5, 0.6) is 0 Å². The van der Waals surface area contributed by atoms with E-state index in [4.69, 9.17) is 23.7 Å². The van der Waals surface area contributed by atoms with Crippen LogP contribution in [-0.2, 0) is 42.9 Å². The highest BCUT2D eigenvalue weighted by molar-refractivity contribution is 5.74. The molecule has 12 heteroatoms. The molecule has 0 saturated carbocycles. The lowest BCUT2D eigenvalue weighted by molar-refractivity contribution is -0.301. The highest BCUT2D eigenvalue weighted by atomic mass is 16.7. The van der Waals surface area contributed by atoms with Crippen molar-refractivity contribution in [1.82, 2.24) is 0 Å². The Morgan fingerprint density at radius 2 is 0.840 bits per heavy atom. The van der Waals surface area contributed by atoms with Crippen LogP contribution >= 0.6 is 0 Å². The summed E-state index contributed by atoms with van der Waals surface area (Å²) in [4.78, 5) is 51.1. The highest BCUT2D eigenvalue weighted by Crippen LogP contribution is 2.26. The van der Waals surface area contributed by atoms with E-state index in [0.29, 0.717) is 19.3 Å². The molecule has 6 atom stereocenters. The van der Waals surface area contributed by atoms with Gasteiger partial charge in [-0.25, -0.2) is 4.79 Å². The van der Waals surface area contributed by atoms with Crippen LogP contribution in [0.1, 0.15) is 252 Å². The number of rotatable bonds is 50. The number of carboxylic acids is 1. The minimum atomic E-state index is -1.91. The molecule has 0 bridgehead atoms. The average molecular weight is 1060 g/mol. The molecule has 0 spiro atoms. The van der Waals surface area contributed by atoms with Gasteiger partial charge in [0.15, 0.2) is 24.6 Å². The van der Waals surface area contributed by atoms with Crippen molar-refractivity contribution in [3.8, 4) is 0 Å². The van der Waals surface area contributed by atoms with Crippen molar-refractivity contribution >= 4 is 23.9 Å². The van der Waals surface area contributed by atoms with Crippen molar-refractivity contribution in [2.24, 2.45) is 0 Å². The molecule has 1 saturated heterocycles. The van der Waals surface area contributed by atoms with E-state index in [1.807, 2.05) is 0 Å². The maximum atomic E-state index is 13.1. The first-order valence-electron chi connectivity index (χ1n) is 29.9. The normalized spacial score (nSPS) is 18.7. The number of carboxylic acid groups (broad SMARTS) is 1. The second kappa shape index (κ2) is 50.9. The zero-order chi connectivity index (χ0) is 54.7. The summed E-state index contributed by atoms with van der Waals surface area (Å²) >= 11 is 0. The molecular weight excluding hydrogens is 949 g/mol. The van der Waals surface area contributed by atoms with E-state index >= 15 is 0 Å². The predicted octanol–water partition coefficient (Wildman–Crippen LogP) is 15.3. The zero-order valence-corrected chi connectivity index (χ0v) is 47.3. The SMILES string of the molecule is CC/C=C\C/C=C\C/C=C\CCCCCC(=O)OC(COC(=O)CCCCCCCC/C=C\C/C=C\C/C=C\CCCCC)COC1OC(C(=O)O)C(O)C(O)C1OC(=O)CCCCCCCCCCCCCCC. The molecule has 1 aliphatic rings. The summed E-state index contributed by atoms with van der Waals surface area (Å²) in [6.07, 6.45) is 51.6. The Bertz CT molecular complexity index is 1580. The van der Waals surface area contributed by atoms with Gasteiger partial charge in [0.25, 0.3) is 0 Å². The van der Waals surface area contributed by atoms with E-state index in [1.54, 1.807) is 0 Å². The molecule has 12 nitrogen and oxygen atoms in total. The number of hydrogen-bond donors (Lipinski definition) is 3. The van der Waals surface area contributed by atoms with Crippen molar-refractivity contribution in [3.63, 3.8) is 0 Å². The first-order valence-corrected chi connectivity index (χ1v) is 29.9. The smallest absolute Gasteiger partial charge is 0.335 e. The Morgan fingerprint density at radius 1 is 0.453 bits per heavy atom. The number of ether oxygens (including phenoxy) is 5. The predicted molar refractivity (Wildman–Crippen MR) is 303 cm³/mol. The van der Waals surface area contributed by atoms with E-state index in [9.17, 15) is 34.5 Å². The minimum Gasteiger partial charge on any atom is -0.479 e. The lowest BCUT2D eigenvalue weighted by atomic mass is 9.98. The fourth-order valence-electron chi connectivity index (χ4n) is 8.68. The molecular formula is C63H106O12. The topological polar surface area (TPSA) is 175 Å². The average Bonchev–Trinajstić information content (AvgIpc) is 3.39. The van der Waals surface area contributed by atoms with Crippen LogP contribution in [0.15, 0.2) is 72.9 Å². The molecule has 0 aromatic carbocycles. The molecule has 1 fully saturated rings. The van der Waals surface area contributed by atoms with Crippen molar-refractivity contribution < 1.29 is 58.2 Å². The Hall–Kier alpha value is -3.84. The highest BCUT2D eigenvalue weighted by Gasteiger charge is 2.50. The minimum absolute atomic E-state index is 0.0566. The summed E-state index contributed by atoms with van der Waals surface area (Å²) in [7, 11) is 0. The summed E-state index contributed by atoms with van der Waals surface area (Å²) in [6.45, 7) is 5.81. The third-order valence-electron chi connectivity index (χ3n) is 13.3. The maximum absolute atomic E-state index is 13.1. The van der Waals surface area contributed by atoms with Crippen LogP contribution in [0.4, 0.5) is 0 Å². The van der Waals surface area contributed by atoms with E-state index < -0.39 is 67.3 Å². The lowest BCUT2D eigenvalue weighted by Gasteiger charge is -2.40. The van der Waals surface area contributed by atoms with Crippen LogP contribution in [-0.4, -0.2) is 89.2 Å². The van der Waals surface area contributed by atoms with Crippen molar-refractivity contribution in [1.29, 1.82) is 0 Å². The van der Waals surface area contributed by atoms with Gasteiger partial charge in [0.1, 0.15) is 18.8 Å². The fraction of sp³-hybridized carbons (Fsp3) is 0.746. The molecule has 6 unspecified atom stereocenters. The fourth-order valence-corrected chi connectivity index (χ4v) is 8.68. The van der Waals surface area contributed by atoms with Crippen LogP contribution in [0.2, 0.25) is 0 Å². The van der Waals surface area contributed by atoms with Gasteiger partial charge in [-0.05, 0) is 89.9 Å². The molecule has 0 aromatic heterocycles. The lowest BCUT2D eigenvalue weighted by Crippen LogP contribution is -2.61. The molecule has 0 radical (unpaired) electrons. The van der Waals surface area contributed by atoms with Crippen LogP contribution in [0, 0.1) is 0 Å². The Morgan fingerprint density at radius 3 is 1.32 bits per heavy atom. The van der Waals surface area contributed by atoms with E-state index in [1.165, 1.54) is 77.0 Å². The second-order valence-electron chi connectivity index (χ2n) is 20.3. The molecule has 3 N–H and O–H groups in total. The molecule has 1 heterocycles. The molecule has 1 aliphatic heterocycles. The number of aliphatic hydroxyl groups excluding tert-OH is 2. The Labute approximate surface area is 455 Å². The molecule has 1 rings (SSSR count). The van der Waals surface area contributed by atoms with Gasteiger partial charge in [-0.3, -0.25) is 14.4 Å². The van der Waals surface area contributed by atoms with Gasteiger partial charge < -0.3 is 39.0 Å². The van der Waals surface area contributed by atoms with Crippen molar-refractivity contribution in [3.05, 3.63) is 72.9 Å². The monoisotopic (exact) mass is 1050 g/mol. The Kier molecular flexibility index (Phi) is 47.0. The number of aliphatic hydroxyl groups is 2. The second-order valence-corrected chi connectivity index (χ2v) is 20.3. The summed E-state index contributed by atoms with van der Waals surface area (Å²) in [5, 5.41) is 31.5. The van der Waals surface area contributed by atoms with Crippen molar-refractivity contribution in [2.75, 3.05) is 13.2 Å². The van der Waals surface area contributed by atoms with E-state index in [-0.39, 0.29) is 25.9 Å². The van der Waals surface area contributed by atoms with Gasteiger partial charge in [-0.15, -0.1) is 0 Å². The summed E-state index contributed by atoms with van der Waals surface area (Å²) < 4.78 is 28.4. The first kappa shape index (κ1) is 69.2. The first-order chi connectivity index (χ1) is 36.6. The number of hydrogen-bond acceptors (Lipinski definition) is 11. The van der Waals surface area contributed by atoms with Crippen molar-refractivity contribution in [2.45, 2.75) is 289 Å². The standard InChI is InChI=1S/C63H106O12/c1-4-7-10-13-16-19-22-25-26-27-28-29-30-33-34-37-40-43-46-49-55(64)71-52-54(73-56(65)50-47-44-41-38-35-31-23-20-17-14-11-8-5-2)53-72-63-61(59(68)58(67)60(75-63)62(69)70)74-57(66)51-48-45-42-39-36-32-24-21-18-15-12-9-6-3/h8,11,16-17,19-20,25-26,28-29,31,35,54,58-61,63,67-68H,4-7,9-10,12-15,18,21-24,27,30,32-34,36-53H2,1-3H3,(H,69,70)/b11-8-,19-16-,20-17-,26-25-,29-28-,35-31-. The van der Waals surface area contributed by atoms with Gasteiger partial charge in [-0.1, -0.05) is 216 Å². The third-order valence-corrected chi connectivity index (χ3v) is 13.3. The number of unbranched alkanes of at least 4 members (excludes halogenated alkanes) is 24. The molecule has 430 valence electrons. The molecule has 75 heavy (non-hydrogen) atoms. The number of carbonyl (C=O) groups is 4. The van der Waals surface area contributed by atoms with E-state index in [2.05, 4.69) is 93.7 Å². The number of esters is 3. The van der Waals surface area contributed by atoms with Gasteiger partial charge in [0, 0.05) is 19.3 Å². The number of allylic oxidation sites excluding steroid dienone is 12. The third kappa shape index (κ3) is 41.0. The number of aliphatic carboxylic acids is 1. The van der Waals surface area contributed by atoms with E-state index in [0.717, 1.165) is 116 Å². The molecule has 0 amide bonds. The number of carbonyl (C=O) groups excluding carboxylic acids is 3. The van der Waals surface area contributed by atoms with Crippen LogP contribution in [0.25, 0.3) is 0 Å². The van der Waals surface area contributed by atoms with Gasteiger partial charge in [-0.2, -0.15) is 0 Å². The van der Waals surface area contributed by atoms with Gasteiger partial charge in [0.05, 0.1) is 6.61 Å². The maximum Gasteiger partial charge on any atom is 0.335 e. The molecule has 0 aliphatic carbocycles. The summed E-state index contributed by atoms with van der Waals surface area (Å²) in [6, 6.07) is 0. The summed E-state index contributed by atoms with van der Waals surface area (Å²) in [5.41, 5.74) is 0. The Balaban J connectivity index is 2.69. The zero-order valence-electron chi connectivity index (χ0n) is 47.3. The summed E-state index contributed by atoms with van der Waals surface area (Å²) in [5.74, 6) is -3.17. The van der Waals surface area contributed by atoms with Gasteiger partial charge >= 0.3 is 23.9 Å². The quantitative estimate of drug-likeness (QED) is 0.0228. The van der Waals surface area contributed by atoms with Gasteiger partial charge in [0.2, 0.25) is 0 Å². The van der Waals surface area contributed by atoms with Crippen LogP contribution < -0.4 is 0 Å².